The summed E-state index contributed by atoms with van der Waals surface area (Å²) in [4.78, 5) is 0. The third-order valence-electron chi connectivity index (χ3n) is 20.3. The van der Waals surface area contributed by atoms with Crippen molar-refractivity contribution in [3.63, 3.8) is 0 Å². The van der Waals surface area contributed by atoms with Crippen LogP contribution < -0.4 is 0 Å². The van der Waals surface area contributed by atoms with E-state index in [0.717, 1.165) is 143 Å². The molecule has 0 aromatic heterocycles. The van der Waals surface area contributed by atoms with Crippen LogP contribution in [0, 0.1) is 83.1 Å². The van der Waals surface area contributed by atoms with Gasteiger partial charge in [0, 0.05) is 11.8 Å². The van der Waals surface area contributed by atoms with E-state index in [-0.39, 0.29) is 40.6 Å². The van der Waals surface area contributed by atoms with Crippen molar-refractivity contribution in [2.75, 3.05) is 0 Å². The summed E-state index contributed by atoms with van der Waals surface area (Å²) in [7, 11) is 0. The van der Waals surface area contributed by atoms with Crippen LogP contribution in [-0.4, -0.2) is 66.4 Å². The minimum Gasteiger partial charge on any atom is -0.508 e. The average molecular weight is 1540 g/mol. The lowest BCUT2D eigenvalue weighted by molar-refractivity contribution is 0.466. The molecule has 14 aromatic rings. The highest BCUT2D eigenvalue weighted by atomic mass is 16.3. The molecule has 115 heavy (non-hydrogen) atoms. The molecule has 14 rings (SSSR count). The van der Waals surface area contributed by atoms with E-state index in [1.165, 1.54) is 27.8 Å². The predicted octanol–water partition coefficient (Wildman–Crippen LogP) is 22.7. The minimum absolute atomic E-state index is 0.0400. The van der Waals surface area contributed by atoms with Gasteiger partial charge in [0.1, 0.15) is 74.7 Å². The van der Waals surface area contributed by atoms with Crippen molar-refractivity contribution in [3.05, 3.63) is 418 Å². The second-order valence-corrected chi connectivity index (χ2v) is 29.7. The molecule has 0 amide bonds. The SMILES string of the molecule is Cc1cc(C(c2ccccc2)c2ccc(O)c(C)c2)ccc1O.Cc1cc(Cc2cc(C)c(O)c(C)c2)cc(C)c1O.Cc1cc(Cc2cc(C)c(O)cc2C)c(C)cc1O.Cc1cc(Cc2ccc(O)c(C)c2)ccc1O.Oc1ccc(C(c2ccc(O)cc2)c2ccc(O)cc2)cc1.Oc1ccc(Cc2ccc(O)cc2)cc1. The molecule has 0 aliphatic rings. The Balaban J connectivity index is 0.000000159. The first-order valence-corrected chi connectivity index (χ1v) is 38.1. The van der Waals surface area contributed by atoms with Crippen LogP contribution in [0.2, 0.25) is 0 Å². The number of benzene rings is 14. The Kier molecular flexibility index (Phi) is 29.4. The molecular formula is C102H104O13. The fraction of sp³-hybridized carbons (Fsp3) is 0.176. The molecule has 0 aliphatic heterocycles. The maximum absolute atomic E-state index is 9.81. The van der Waals surface area contributed by atoms with Gasteiger partial charge in [0.25, 0.3) is 0 Å². The van der Waals surface area contributed by atoms with Gasteiger partial charge in [0.05, 0.1) is 0 Å². The maximum Gasteiger partial charge on any atom is 0.121 e. The lowest BCUT2D eigenvalue weighted by Crippen LogP contribution is -2.04. The monoisotopic (exact) mass is 1540 g/mol. The summed E-state index contributed by atoms with van der Waals surface area (Å²) in [5.74, 6) is 3.97. The fourth-order valence-electron chi connectivity index (χ4n) is 13.7. The maximum atomic E-state index is 9.81. The highest BCUT2D eigenvalue weighted by Gasteiger charge is 2.21. The normalized spacial score (nSPS) is 10.7. The molecule has 0 bridgehead atoms. The first kappa shape index (κ1) is 85.5. The molecule has 0 spiro atoms. The molecule has 0 unspecified atom stereocenters. The number of aromatic hydroxyl groups is 13. The van der Waals surface area contributed by atoms with Gasteiger partial charge in [-0.1, -0.05) is 176 Å². The molecule has 13 nitrogen and oxygen atoms in total. The van der Waals surface area contributed by atoms with Crippen molar-refractivity contribution >= 4 is 0 Å². The number of phenolic OH excluding ortho intramolecular Hbond substituents is 13. The third-order valence-corrected chi connectivity index (χ3v) is 20.3. The lowest BCUT2D eigenvalue weighted by Gasteiger charge is -2.20. The molecule has 0 aliphatic carbocycles. The second kappa shape index (κ2) is 39.6. The van der Waals surface area contributed by atoms with Crippen LogP contribution in [0.25, 0.3) is 0 Å². The molecule has 0 saturated heterocycles. The van der Waals surface area contributed by atoms with E-state index in [4.69, 9.17) is 10.2 Å². The molecular weight excluding hydrogens is 1430 g/mol. The van der Waals surface area contributed by atoms with Gasteiger partial charge < -0.3 is 66.4 Å². The van der Waals surface area contributed by atoms with Crippen molar-refractivity contribution in [3.8, 4) is 74.7 Å². The minimum atomic E-state index is -0.0400. The Morgan fingerprint density at radius 3 is 0.722 bits per heavy atom. The molecule has 0 atom stereocenters. The highest BCUT2D eigenvalue weighted by Crippen LogP contribution is 2.38. The summed E-state index contributed by atoms with van der Waals surface area (Å²) in [5, 5.41) is 124. The first-order chi connectivity index (χ1) is 54.7. The molecule has 14 aromatic carbocycles. The van der Waals surface area contributed by atoms with Crippen molar-refractivity contribution in [2.24, 2.45) is 0 Å². The number of rotatable bonds is 14. The van der Waals surface area contributed by atoms with Gasteiger partial charge in [-0.05, 0) is 350 Å². The van der Waals surface area contributed by atoms with E-state index >= 15 is 0 Å². The van der Waals surface area contributed by atoms with Gasteiger partial charge in [0.2, 0.25) is 0 Å². The molecule has 590 valence electrons. The van der Waals surface area contributed by atoms with Gasteiger partial charge in [0.15, 0.2) is 0 Å². The largest absolute Gasteiger partial charge is 0.508 e. The fourth-order valence-corrected chi connectivity index (χ4v) is 13.7. The van der Waals surface area contributed by atoms with Crippen LogP contribution in [0.1, 0.15) is 156 Å². The summed E-state index contributed by atoms with van der Waals surface area (Å²) >= 11 is 0. The van der Waals surface area contributed by atoms with E-state index < -0.39 is 0 Å². The van der Waals surface area contributed by atoms with Gasteiger partial charge in [-0.15, -0.1) is 0 Å². The third kappa shape index (κ3) is 24.2. The average Bonchev–Trinajstić information content (AvgIpc) is 0.834. The van der Waals surface area contributed by atoms with Gasteiger partial charge in [-0.2, -0.15) is 0 Å². The van der Waals surface area contributed by atoms with Gasteiger partial charge in [-0.3, -0.25) is 0 Å². The molecule has 0 fully saturated rings. The topological polar surface area (TPSA) is 263 Å². The zero-order chi connectivity index (χ0) is 83.3. The number of phenols is 13. The number of hydrogen-bond acceptors (Lipinski definition) is 13. The van der Waals surface area contributed by atoms with Crippen LogP contribution in [0.5, 0.6) is 74.7 Å². The zero-order valence-electron chi connectivity index (χ0n) is 67.3. The van der Waals surface area contributed by atoms with E-state index in [1.54, 1.807) is 84.9 Å². The van der Waals surface area contributed by atoms with Crippen LogP contribution in [0.4, 0.5) is 0 Å². The Morgan fingerprint density at radius 2 is 0.409 bits per heavy atom. The highest BCUT2D eigenvalue weighted by molar-refractivity contribution is 5.53. The number of aryl methyl sites for hydroxylation is 12. The summed E-state index contributed by atoms with van der Waals surface area (Å²) < 4.78 is 0. The van der Waals surface area contributed by atoms with Crippen LogP contribution in [0.15, 0.2) is 273 Å². The van der Waals surface area contributed by atoms with E-state index in [9.17, 15) is 56.2 Å². The van der Waals surface area contributed by atoms with E-state index in [0.29, 0.717) is 46.0 Å². The number of hydrogen-bond donors (Lipinski definition) is 13. The molecule has 13 N–H and O–H groups in total. The summed E-state index contributed by atoms with van der Waals surface area (Å²) in [6, 6.07) is 84.2. The molecule has 0 radical (unpaired) electrons. The van der Waals surface area contributed by atoms with Crippen LogP contribution in [-0.2, 0) is 25.7 Å². The van der Waals surface area contributed by atoms with Crippen molar-refractivity contribution < 1.29 is 66.4 Å². The van der Waals surface area contributed by atoms with Crippen molar-refractivity contribution in [2.45, 2.75) is 121 Å². The predicted molar refractivity (Wildman–Crippen MR) is 462 cm³/mol. The van der Waals surface area contributed by atoms with Crippen LogP contribution >= 0.6 is 0 Å². The second-order valence-electron chi connectivity index (χ2n) is 29.7. The van der Waals surface area contributed by atoms with Crippen molar-refractivity contribution in [1.82, 2.24) is 0 Å². The van der Waals surface area contributed by atoms with Crippen LogP contribution in [0.3, 0.4) is 0 Å². The Labute approximate surface area is 675 Å². The molecule has 0 saturated carbocycles. The standard InChI is InChI=1S/C21H20O2.C19H16O3.2C17H20O2.C15H16O2.C13H12O2/c1-14-12-17(8-10-19(14)22)21(16-6-4-3-5-7-16)18-9-11-20(23)15(2)13-18;20-16-7-1-13(2-8-16)19(14-3-9-17(21)10-4-14)15-5-11-18(22)12-6-15;1-10-7-16(18)12(3)5-14(10)9-15-6-13(4)17(19)8-11(15)2;1-10-5-14(6-11(2)16(10)18)9-15-7-12(3)17(19)13(4)8-15;1-10-7-12(3-5-14(10)16)9-13-4-6-15(17)11(2)8-13;14-12-5-1-10(2-6-12)9-11-3-7-13(15)8-4-11/h3-13,21-23H,1-2H3;1-12,19-22H;2*5-8,18-19H,9H2,1-4H3;3-8,16-17H,9H2,1-2H3;1-8,14-15H,9H2. The van der Waals surface area contributed by atoms with Crippen molar-refractivity contribution in [1.29, 1.82) is 0 Å². The quantitative estimate of drug-likeness (QED) is 0.0453. The molecule has 13 heteroatoms. The Morgan fingerprint density at radius 1 is 0.174 bits per heavy atom. The Bertz CT molecular complexity index is 5170. The molecule has 0 heterocycles. The first-order valence-electron chi connectivity index (χ1n) is 38.1. The Hall–Kier alpha value is -13.5. The summed E-state index contributed by atoms with van der Waals surface area (Å²) in [5.41, 5.74) is 27.0. The van der Waals surface area contributed by atoms with E-state index in [2.05, 4.69) is 12.1 Å². The lowest BCUT2D eigenvalue weighted by atomic mass is 9.84. The summed E-state index contributed by atoms with van der Waals surface area (Å²) in [6.45, 7) is 23.1. The van der Waals surface area contributed by atoms with E-state index in [1.807, 2.05) is 259 Å². The smallest absolute Gasteiger partial charge is 0.121 e. The summed E-state index contributed by atoms with van der Waals surface area (Å²) in [6.07, 6.45) is 3.24. The zero-order valence-corrected chi connectivity index (χ0v) is 67.3. The van der Waals surface area contributed by atoms with Gasteiger partial charge in [-0.25, -0.2) is 0 Å². The van der Waals surface area contributed by atoms with Gasteiger partial charge >= 0.3 is 0 Å².